The minimum Gasteiger partial charge on any atom is -0.481 e. The van der Waals surface area contributed by atoms with Crippen LogP contribution in [0.3, 0.4) is 0 Å². The highest BCUT2D eigenvalue weighted by Gasteiger charge is 2.39. The number of likely N-dealkylation sites (tertiary alicyclic amines) is 1. The van der Waals surface area contributed by atoms with Gasteiger partial charge in [0.15, 0.2) is 0 Å². The van der Waals surface area contributed by atoms with Crippen LogP contribution in [0.4, 0.5) is 4.39 Å². The van der Waals surface area contributed by atoms with E-state index in [2.05, 4.69) is 0 Å². The number of rotatable bonds is 3. The van der Waals surface area contributed by atoms with Crippen LogP contribution in [0.5, 0.6) is 0 Å². The number of benzene rings is 1. The maximum absolute atomic E-state index is 13.7. The topological polar surface area (TPSA) is 40.5 Å². The van der Waals surface area contributed by atoms with E-state index in [-0.39, 0.29) is 11.1 Å². The molecule has 0 amide bonds. The minimum absolute atomic E-state index is 0.00929. The highest BCUT2D eigenvalue weighted by atomic mass is 35.5. The Labute approximate surface area is 133 Å². The van der Waals surface area contributed by atoms with Gasteiger partial charge in [0.1, 0.15) is 5.82 Å². The predicted molar refractivity (Wildman–Crippen MR) is 81.4 cm³/mol. The molecule has 1 aromatic carbocycles. The fraction of sp³-hybridized carbons (Fsp3) is 0.533. The normalized spacial score (nSPS) is 24.8. The molecule has 1 aliphatic rings. The number of carboxylic acid groups (broad SMARTS) is 1. The summed E-state index contributed by atoms with van der Waals surface area (Å²) >= 11 is 11.9. The number of aliphatic carboxylic acids is 1. The molecule has 21 heavy (non-hydrogen) atoms. The van der Waals surface area contributed by atoms with Crippen LogP contribution in [0.25, 0.3) is 0 Å². The molecule has 1 N–H and O–H groups in total. The van der Waals surface area contributed by atoms with E-state index in [1.807, 2.05) is 11.8 Å². The van der Waals surface area contributed by atoms with Crippen molar-refractivity contribution in [2.24, 2.45) is 5.41 Å². The molecule has 1 aromatic rings. The van der Waals surface area contributed by atoms with Gasteiger partial charge in [0.25, 0.3) is 0 Å². The van der Waals surface area contributed by atoms with E-state index in [1.165, 1.54) is 12.1 Å². The summed E-state index contributed by atoms with van der Waals surface area (Å²) in [5, 5.41) is 9.76. The Morgan fingerprint density at radius 3 is 2.71 bits per heavy atom. The van der Waals surface area contributed by atoms with Gasteiger partial charge in [0.2, 0.25) is 0 Å². The highest BCUT2D eigenvalue weighted by Crippen LogP contribution is 2.37. The lowest BCUT2D eigenvalue weighted by molar-refractivity contribution is -0.151. The summed E-state index contributed by atoms with van der Waals surface area (Å²) in [7, 11) is 0. The Kier molecular flexibility index (Phi) is 4.81. The third-order valence-electron chi connectivity index (χ3n) is 4.28. The van der Waals surface area contributed by atoms with Crippen molar-refractivity contribution in [1.82, 2.24) is 4.90 Å². The summed E-state index contributed by atoms with van der Waals surface area (Å²) in [5.74, 6) is -1.31. The summed E-state index contributed by atoms with van der Waals surface area (Å²) < 4.78 is 13.7. The first-order valence-electron chi connectivity index (χ1n) is 6.86. The molecule has 0 spiro atoms. The number of carbonyl (C=O) groups is 1. The third kappa shape index (κ3) is 3.33. The first kappa shape index (κ1) is 16.5. The van der Waals surface area contributed by atoms with E-state index in [1.54, 1.807) is 6.92 Å². The van der Waals surface area contributed by atoms with Gasteiger partial charge in [-0.05, 0) is 50.9 Å². The Bertz CT molecular complexity index is 567. The smallest absolute Gasteiger partial charge is 0.310 e. The number of hydrogen-bond donors (Lipinski definition) is 1. The Morgan fingerprint density at radius 2 is 2.10 bits per heavy atom. The average Bonchev–Trinajstić information content (AvgIpc) is 2.42. The van der Waals surface area contributed by atoms with Crippen molar-refractivity contribution in [2.45, 2.75) is 32.7 Å². The van der Waals surface area contributed by atoms with E-state index < -0.39 is 17.2 Å². The van der Waals surface area contributed by atoms with E-state index >= 15 is 0 Å². The van der Waals surface area contributed by atoms with Crippen LogP contribution in [0.15, 0.2) is 12.1 Å². The lowest BCUT2D eigenvalue weighted by Gasteiger charge is -2.41. The van der Waals surface area contributed by atoms with Gasteiger partial charge in [-0.3, -0.25) is 9.69 Å². The summed E-state index contributed by atoms with van der Waals surface area (Å²) in [6.07, 6.45) is 1.44. The molecule has 1 aliphatic heterocycles. The molecule has 1 heterocycles. The van der Waals surface area contributed by atoms with Gasteiger partial charge in [-0.1, -0.05) is 23.2 Å². The summed E-state index contributed by atoms with van der Waals surface area (Å²) in [5.41, 5.74) is -0.141. The number of piperidine rings is 1. The first-order chi connectivity index (χ1) is 9.74. The van der Waals surface area contributed by atoms with Crippen LogP contribution >= 0.6 is 23.2 Å². The predicted octanol–water partition coefficient (Wildman–Crippen LogP) is 4.38. The Morgan fingerprint density at radius 1 is 1.43 bits per heavy atom. The van der Waals surface area contributed by atoms with Gasteiger partial charge in [0, 0.05) is 17.6 Å². The van der Waals surface area contributed by atoms with Crippen molar-refractivity contribution < 1.29 is 14.3 Å². The second-order valence-electron chi connectivity index (χ2n) is 5.90. The zero-order chi connectivity index (χ0) is 15.8. The monoisotopic (exact) mass is 333 g/mol. The van der Waals surface area contributed by atoms with E-state index in [0.717, 1.165) is 13.0 Å². The van der Waals surface area contributed by atoms with Crippen LogP contribution in [-0.2, 0) is 4.79 Å². The van der Waals surface area contributed by atoms with Crippen molar-refractivity contribution in [1.29, 1.82) is 0 Å². The van der Waals surface area contributed by atoms with Crippen molar-refractivity contribution in [3.05, 3.63) is 33.6 Å². The van der Waals surface area contributed by atoms with E-state index in [0.29, 0.717) is 23.6 Å². The third-order valence-corrected chi connectivity index (χ3v) is 4.90. The van der Waals surface area contributed by atoms with Crippen LogP contribution in [0, 0.1) is 11.2 Å². The van der Waals surface area contributed by atoms with Gasteiger partial charge in [0.05, 0.1) is 10.4 Å². The minimum atomic E-state index is -0.798. The molecule has 6 heteroatoms. The average molecular weight is 334 g/mol. The van der Waals surface area contributed by atoms with E-state index in [4.69, 9.17) is 23.2 Å². The molecule has 0 aliphatic carbocycles. The van der Waals surface area contributed by atoms with Crippen LogP contribution in [0.1, 0.15) is 38.3 Å². The number of hydrogen-bond acceptors (Lipinski definition) is 2. The quantitative estimate of drug-likeness (QED) is 0.834. The second kappa shape index (κ2) is 6.11. The molecule has 1 fully saturated rings. The molecule has 3 nitrogen and oxygen atoms in total. The zero-order valence-electron chi connectivity index (χ0n) is 12.0. The highest BCUT2D eigenvalue weighted by molar-refractivity contribution is 6.35. The molecular weight excluding hydrogens is 316 g/mol. The van der Waals surface area contributed by atoms with Gasteiger partial charge in [-0.15, -0.1) is 0 Å². The van der Waals surface area contributed by atoms with Crippen molar-refractivity contribution >= 4 is 29.2 Å². The fourth-order valence-corrected chi connectivity index (χ4v) is 3.38. The largest absolute Gasteiger partial charge is 0.481 e. The van der Waals surface area contributed by atoms with Crippen LogP contribution in [0.2, 0.25) is 10.0 Å². The number of nitrogens with zero attached hydrogens (tertiary/aromatic N) is 1. The van der Waals surface area contributed by atoms with Gasteiger partial charge < -0.3 is 5.11 Å². The summed E-state index contributed by atoms with van der Waals surface area (Å²) in [4.78, 5) is 13.5. The van der Waals surface area contributed by atoms with Gasteiger partial charge >= 0.3 is 5.97 Å². The Hall–Kier alpha value is -0.840. The SMILES string of the molecule is CC(c1cc(F)c(Cl)cc1Cl)N1CCCC(C)(C(=O)O)C1. The maximum atomic E-state index is 13.7. The summed E-state index contributed by atoms with van der Waals surface area (Å²) in [6, 6.07) is 2.57. The summed E-state index contributed by atoms with van der Waals surface area (Å²) in [6.45, 7) is 4.84. The molecule has 0 aromatic heterocycles. The van der Waals surface area contributed by atoms with E-state index in [9.17, 15) is 14.3 Å². The number of halogens is 3. The maximum Gasteiger partial charge on any atom is 0.310 e. The van der Waals surface area contributed by atoms with Gasteiger partial charge in [-0.2, -0.15) is 0 Å². The molecule has 0 bridgehead atoms. The molecule has 2 atom stereocenters. The molecule has 0 saturated carbocycles. The molecule has 2 unspecified atom stereocenters. The van der Waals surface area contributed by atoms with Crippen molar-refractivity contribution in [3.63, 3.8) is 0 Å². The van der Waals surface area contributed by atoms with Crippen LogP contribution in [-0.4, -0.2) is 29.1 Å². The zero-order valence-corrected chi connectivity index (χ0v) is 13.5. The lowest BCUT2D eigenvalue weighted by atomic mass is 9.81. The van der Waals surface area contributed by atoms with Crippen molar-refractivity contribution in [3.8, 4) is 0 Å². The Balaban J connectivity index is 2.26. The standard InChI is InChI=1S/C15H18Cl2FNO2/c1-9(10-6-13(18)12(17)7-11(10)16)19-5-3-4-15(2,8-19)14(20)21/h6-7,9H,3-5,8H2,1-2H3,(H,20,21). The molecule has 1 saturated heterocycles. The lowest BCUT2D eigenvalue weighted by Crippen LogP contribution is -2.46. The molecule has 0 radical (unpaired) electrons. The first-order valence-corrected chi connectivity index (χ1v) is 7.62. The van der Waals surface area contributed by atoms with Crippen LogP contribution < -0.4 is 0 Å². The fourth-order valence-electron chi connectivity index (χ4n) is 2.84. The molecule has 2 rings (SSSR count). The number of carboxylic acids is 1. The second-order valence-corrected chi connectivity index (χ2v) is 6.72. The molecule has 116 valence electrons. The van der Waals surface area contributed by atoms with Gasteiger partial charge in [-0.25, -0.2) is 4.39 Å². The molecular formula is C15H18Cl2FNO2. The van der Waals surface area contributed by atoms with Crippen molar-refractivity contribution in [2.75, 3.05) is 13.1 Å².